The molecule has 0 radical (unpaired) electrons. The van der Waals surface area contributed by atoms with Crippen molar-refractivity contribution < 1.29 is 0 Å². The number of nitrogens with one attached hydrogen (secondary N) is 1. The van der Waals surface area contributed by atoms with Crippen LogP contribution in [-0.4, -0.2) is 20.2 Å². The summed E-state index contributed by atoms with van der Waals surface area (Å²) >= 11 is 0. The van der Waals surface area contributed by atoms with Gasteiger partial charge in [0.05, 0.1) is 16.9 Å². The van der Waals surface area contributed by atoms with Gasteiger partial charge >= 0.3 is 0 Å². The molecular weight excluding hydrogens is 236 g/mol. The summed E-state index contributed by atoms with van der Waals surface area (Å²) in [5.41, 5.74) is 3.86. The molecule has 19 heavy (non-hydrogen) atoms. The number of benzene rings is 1. The average Bonchev–Trinajstić information content (AvgIpc) is 2.84. The van der Waals surface area contributed by atoms with Crippen LogP contribution in [-0.2, 0) is 0 Å². The first-order valence-electron chi connectivity index (χ1n) is 6.44. The lowest BCUT2D eigenvalue weighted by atomic mass is 10.0. The van der Waals surface area contributed by atoms with Gasteiger partial charge in [0.25, 0.3) is 0 Å². The van der Waals surface area contributed by atoms with Gasteiger partial charge in [0.2, 0.25) is 0 Å². The molecule has 3 rings (SSSR count). The maximum Gasteiger partial charge on any atom is 0.178 e. The summed E-state index contributed by atoms with van der Waals surface area (Å²) < 4.78 is 0. The molecule has 0 bridgehead atoms. The maximum atomic E-state index is 4.70. The number of aromatic nitrogens is 4. The van der Waals surface area contributed by atoms with Gasteiger partial charge in [-0.3, -0.25) is 5.10 Å². The maximum absolute atomic E-state index is 4.70. The predicted octanol–water partition coefficient (Wildman–Crippen LogP) is 3.45. The van der Waals surface area contributed by atoms with Gasteiger partial charge in [0, 0.05) is 5.39 Å². The molecule has 0 saturated heterocycles. The lowest BCUT2D eigenvalue weighted by Gasteiger charge is -2.10. The lowest BCUT2D eigenvalue weighted by molar-refractivity contribution is 0.829. The third-order valence-corrected chi connectivity index (χ3v) is 3.13. The van der Waals surface area contributed by atoms with Crippen molar-refractivity contribution in [3.63, 3.8) is 0 Å². The van der Waals surface area contributed by atoms with Crippen molar-refractivity contribution in [1.29, 1.82) is 0 Å². The number of aryl methyl sites for hydroxylation is 1. The normalized spacial score (nSPS) is 11.4. The summed E-state index contributed by atoms with van der Waals surface area (Å²) in [5.74, 6) is 1.07. The van der Waals surface area contributed by atoms with Crippen LogP contribution in [0.2, 0.25) is 0 Å². The minimum atomic E-state index is 0.357. The van der Waals surface area contributed by atoms with E-state index in [1.165, 1.54) is 0 Å². The van der Waals surface area contributed by atoms with Crippen LogP contribution in [0.4, 0.5) is 0 Å². The van der Waals surface area contributed by atoms with Crippen molar-refractivity contribution in [3.05, 3.63) is 41.7 Å². The number of hydrogen-bond donors (Lipinski definition) is 1. The second-order valence-electron chi connectivity index (χ2n) is 5.03. The molecule has 0 spiro atoms. The van der Waals surface area contributed by atoms with E-state index in [0.717, 1.165) is 28.0 Å². The minimum Gasteiger partial charge on any atom is -0.274 e. The number of nitrogens with zero attached hydrogens (tertiary/aromatic N) is 3. The molecule has 2 heterocycles. The fourth-order valence-electron chi connectivity index (χ4n) is 2.20. The highest BCUT2D eigenvalue weighted by Gasteiger charge is 2.12. The first-order chi connectivity index (χ1) is 9.15. The number of hydrogen-bond acceptors (Lipinski definition) is 3. The summed E-state index contributed by atoms with van der Waals surface area (Å²) in [6.45, 7) is 6.25. The van der Waals surface area contributed by atoms with Gasteiger partial charge in [0.15, 0.2) is 5.82 Å². The molecule has 0 aliphatic heterocycles. The van der Waals surface area contributed by atoms with E-state index in [0.29, 0.717) is 11.7 Å². The van der Waals surface area contributed by atoms with E-state index in [-0.39, 0.29) is 0 Å². The first kappa shape index (κ1) is 11.8. The van der Waals surface area contributed by atoms with Crippen LogP contribution in [0.1, 0.15) is 31.2 Å². The number of rotatable bonds is 2. The van der Waals surface area contributed by atoms with E-state index >= 15 is 0 Å². The molecule has 4 nitrogen and oxygen atoms in total. The Kier molecular flexibility index (Phi) is 2.78. The van der Waals surface area contributed by atoms with Gasteiger partial charge in [-0.2, -0.15) is 5.10 Å². The second kappa shape index (κ2) is 4.46. The van der Waals surface area contributed by atoms with E-state index in [9.17, 15) is 0 Å². The fraction of sp³-hybridized carbons (Fsp3) is 0.267. The minimum absolute atomic E-state index is 0.357. The van der Waals surface area contributed by atoms with Crippen molar-refractivity contribution in [2.75, 3.05) is 0 Å². The number of aromatic amines is 1. The van der Waals surface area contributed by atoms with E-state index in [4.69, 9.17) is 4.98 Å². The molecule has 96 valence electrons. The Labute approximate surface area is 111 Å². The van der Waals surface area contributed by atoms with E-state index < -0.39 is 0 Å². The summed E-state index contributed by atoms with van der Waals surface area (Å²) in [6, 6.07) is 10.1. The molecule has 0 aliphatic rings. The zero-order valence-electron chi connectivity index (χ0n) is 11.3. The fourth-order valence-corrected chi connectivity index (χ4v) is 2.20. The van der Waals surface area contributed by atoms with Crippen molar-refractivity contribution in [1.82, 2.24) is 20.2 Å². The van der Waals surface area contributed by atoms with Crippen LogP contribution in [0.25, 0.3) is 22.4 Å². The molecular formula is C15H16N4. The highest BCUT2D eigenvalue weighted by Crippen LogP contribution is 2.25. The largest absolute Gasteiger partial charge is 0.274 e. The van der Waals surface area contributed by atoms with Gasteiger partial charge in [0.1, 0.15) is 5.69 Å². The Bertz CT molecular complexity index is 728. The molecule has 3 aromatic rings. The molecule has 0 aliphatic carbocycles. The van der Waals surface area contributed by atoms with E-state index in [1.54, 1.807) is 0 Å². The molecule has 0 fully saturated rings. The van der Waals surface area contributed by atoms with Gasteiger partial charge in [-0.15, -0.1) is 0 Å². The predicted molar refractivity (Wildman–Crippen MR) is 75.9 cm³/mol. The molecule has 4 heteroatoms. The van der Waals surface area contributed by atoms with E-state index in [2.05, 4.69) is 35.1 Å². The zero-order valence-corrected chi connectivity index (χ0v) is 11.3. The highest BCUT2D eigenvalue weighted by molar-refractivity contribution is 5.82. The summed E-state index contributed by atoms with van der Waals surface area (Å²) in [7, 11) is 0. The van der Waals surface area contributed by atoms with Crippen molar-refractivity contribution in [2.45, 2.75) is 26.7 Å². The van der Waals surface area contributed by atoms with Crippen LogP contribution in [0, 0.1) is 6.92 Å². The van der Waals surface area contributed by atoms with Crippen molar-refractivity contribution in [3.8, 4) is 11.5 Å². The Morgan fingerprint density at radius 2 is 1.89 bits per heavy atom. The number of H-pyrrole nitrogens is 1. The Hall–Kier alpha value is -2.23. The molecule has 0 amide bonds. The molecule has 2 aromatic heterocycles. The highest BCUT2D eigenvalue weighted by atomic mass is 15.1. The SMILES string of the molecule is Cc1cc(-c2nc(C(C)C)c3ccccc3n2)[nH]n1. The topological polar surface area (TPSA) is 54.5 Å². The Morgan fingerprint density at radius 1 is 1.11 bits per heavy atom. The second-order valence-corrected chi connectivity index (χ2v) is 5.03. The summed E-state index contributed by atoms with van der Waals surface area (Å²) in [6.07, 6.45) is 0. The average molecular weight is 252 g/mol. The van der Waals surface area contributed by atoms with Crippen LogP contribution >= 0.6 is 0 Å². The molecule has 0 unspecified atom stereocenters. The monoisotopic (exact) mass is 252 g/mol. The van der Waals surface area contributed by atoms with Gasteiger partial charge < -0.3 is 0 Å². The van der Waals surface area contributed by atoms with E-state index in [1.807, 2.05) is 31.2 Å². The Balaban J connectivity index is 2.27. The molecule has 0 saturated carbocycles. The smallest absolute Gasteiger partial charge is 0.178 e. The third kappa shape index (κ3) is 2.10. The van der Waals surface area contributed by atoms with Crippen LogP contribution in [0.3, 0.4) is 0 Å². The Morgan fingerprint density at radius 3 is 2.58 bits per heavy atom. The standard InChI is InChI=1S/C15H16N4/c1-9(2)14-11-6-4-5-7-12(11)16-15(17-14)13-8-10(3)18-19-13/h4-9H,1-3H3,(H,18,19). The first-order valence-corrected chi connectivity index (χ1v) is 6.44. The number of fused-ring (bicyclic) bond motifs is 1. The van der Waals surface area contributed by atoms with Gasteiger partial charge in [-0.1, -0.05) is 32.0 Å². The van der Waals surface area contributed by atoms with Crippen LogP contribution in [0.5, 0.6) is 0 Å². The number of para-hydroxylation sites is 1. The van der Waals surface area contributed by atoms with Gasteiger partial charge in [-0.05, 0) is 25.0 Å². The van der Waals surface area contributed by atoms with Crippen molar-refractivity contribution >= 4 is 10.9 Å². The van der Waals surface area contributed by atoms with Gasteiger partial charge in [-0.25, -0.2) is 9.97 Å². The zero-order chi connectivity index (χ0) is 13.4. The third-order valence-electron chi connectivity index (χ3n) is 3.13. The summed E-state index contributed by atoms with van der Waals surface area (Å²) in [4.78, 5) is 9.32. The molecule has 0 atom stereocenters. The molecule has 1 N–H and O–H groups in total. The quantitative estimate of drug-likeness (QED) is 0.760. The molecule has 1 aromatic carbocycles. The van der Waals surface area contributed by atoms with Crippen LogP contribution in [0.15, 0.2) is 30.3 Å². The summed E-state index contributed by atoms with van der Waals surface area (Å²) in [5, 5.41) is 8.24. The lowest BCUT2D eigenvalue weighted by Crippen LogP contribution is -2.00. The van der Waals surface area contributed by atoms with Crippen molar-refractivity contribution in [2.24, 2.45) is 0 Å². The van der Waals surface area contributed by atoms with Crippen LogP contribution < -0.4 is 0 Å².